The molecule has 88 valence electrons. The fourth-order valence-electron chi connectivity index (χ4n) is 1.38. The van der Waals surface area contributed by atoms with Gasteiger partial charge < -0.3 is 9.84 Å². The van der Waals surface area contributed by atoms with Gasteiger partial charge in [-0.3, -0.25) is 4.68 Å². The Balaban J connectivity index is 2.11. The molecule has 1 N–H and O–H groups in total. The molecule has 0 amide bonds. The Morgan fingerprint density at radius 1 is 1.59 bits per heavy atom. The topological polar surface area (TPSA) is 77.2 Å². The molecule has 17 heavy (non-hydrogen) atoms. The minimum absolute atomic E-state index is 0.0867. The summed E-state index contributed by atoms with van der Waals surface area (Å²) in [6.45, 7) is 0.264. The molecule has 2 aromatic heterocycles. The average molecular weight is 233 g/mol. The maximum atomic E-state index is 10.9. The first-order valence-corrected chi connectivity index (χ1v) is 4.95. The summed E-state index contributed by atoms with van der Waals surface area (Å²) in [4.78, 5) is 14.6. The number of aryl methyl sites for hydroxylation is 1. The molecular weight excluding hydrogens is 222 g/mol. The lowest BCUT2D eigenvalue weighted by Crippen LogP contribution is -2.05. The van der Waals surface area contributed by atoms with Crippen molar-refractivity contribution in [1.82, 2.24) is 14.8 Å². The summed E-state index contributed by atoms with van der Waals surface area (Å²) in [5.74, 6) is -0.851. The van der Waals surface area contributed by atoms with Gasteiger partial charge in [-0.25, -0.2) is 9.78 Å². The summed E-state index contributed by atoms with van der Waals surface area (Å²) in [6, 6.07) is 3.21. The number of aromatic carboxylic acids is 1. The van der Waals surface area contributed by atoms with E-state index in [4.69, 9.17) is 9.84 Å². The van der Waals surface area contributed by atoms with Gasteiger partial charge >= 0.3 is 5.97 Å². The van der Waals surface area contributed by atoms with Crippen molar-refractivity contribution >= 4 is 5.97 Å². The molecule has 0 radical (unpaired) electrons. The van der Waals surface area contributed by atoms with Crippen LogP contribution in [0.3, 0.4) is 0 Å². The van der Waals surface area contributed by atoms with Gasteiger partial charge in [0.2, 0.25) is 0 Å². The van der Waals surface area contributed by atoms with Crippen LogP contribution in [0.4, 0.5) is 0 Å². The van der Waals surface area contributed by atoms with Crippen LogP contribution in [0.2, 0.25) is 0 Å². The molecule has 6 heteroatoms. The molecule has 0 aliphatic heterocycles. The summed E-state index contributed by atoms with van der Waals surface area (Å²) in [5.41, 5.74) is 0.782. The van der Waals surface area contributed by atoms with Crippen LogP contribution in [-0.4, -0.2) is 25.8 Å². The van der Waals surface area contributed by atoms with E-state index in [2.05, 4.69) is 10.1 Å². The van der Waals surface area contributed by atoms with Gasteiger partial charge in [0.25, 0.3) is 0 Å². The largest absolute Gasteiger partial charge is 0.486 e. The Kier molecular flexibility index (Phi) is 3.04. The molecular formula is C11H11N3O3. The molecule has 2 heterocycles. The summed E-state index contributed by atoms with van der Waals surface area (Å²) >= 11 is 0. The van der Waals surface area contributed by atoms with E-state index in [9.17, 15) is 4.79 Å². The molecule has 2 rings (SSSR count). The monoisotopic (exact) mass is 233 g/mol. The van der Waals surface area contributed by atoms with Crippen molar-refractivity contribution in [3.63, 3.8) is 0 Å². The van der Waals surface area contributed by atoms with E-state index in [0.29, 0.717) is 0 Å². The minimum Gasteiger partial charge on any atom is -0.486 e. The van der Waals surface area contributed by atoms with E-state index in [1.165, 1.54) is 6.20 Å². The Hall–Kier alpha value is -2.37. The first-order valence-electron chi connectivity index (χ1n) is 4.95. The molecule has 0 saturated heterocycles. The van der Waals surface area contributed by atoms with Crippen LogP contribution in [0, 0.1) is 0 Å². The van der Waals surface area contributed by atoms with Crippen LogP contribution in [0.1, 0.15) is 16.1 Å². The summed E-state index contributed by atoms with van der Waals surface area (Å²) in [5, 5.41) is 12.9. The lowest BCUT2D eigenvalue weighted by molar-refractivity contribution is 0.0685. The summed E-state index contributed by atoms with van der Waals surface area (Å²) in [7, 11) is 1.80. The van der Waals surface area contributed by atoms with Crippen molar-refractivity contribution in [2.45, 2.75) is 6.61 Å². The number of carboxylic acids is 1. The Labute approximate surface area is 97.5 Å². The van der Waals surface area contributed by atoms with Gasteiger partial charge in [0, 0.05) is 25.0 Å². The predicted octanol–water partition coefficient (Wildman–Crippen LogP) is 1.09. The third kappa shape index (κ3) is 2.60. The number of carboxylic acid groups (broad SMARTS) is 1. The quantitative estimate of drug-likeness (QED) is 0.855. The van der Waals surface area contributed by atoms with Crippen molar-refractivity contribution in [1.29, 1.82) is 0 Å². The normalized spacial score (nSPS) is 10.2. The van der Waals surface area contributed by atoms with E-state index >= 15 is 0 Å². The highest BCUT2D eigenvalue weighted by molar-refractivity contribution is 5.88. The van der Waals surface area contributed by atoms with Crippen molar-refractivity contribution in [2.75, 3.05) is 0 Å². The molecule has 0 bridgehead atoms. The fraction of sp³-hybridized carbons (Fsp3) is 0.182. The van der Waals surface area contributed by atoms with Gasteiger partial charge in [-0.15, -0.1) is 0 Å². The van der Waals surface area contributed by atoms with Crippen LogP contribution in [0.15, 0.2) is 30.7 Å². The number of aromatic nitrogens is 3. The molecule has 0 fully saturated rings. The second-order valence-electron chi connectivity index (χ2n) is 3.47. The van der Waals surface area contributed by atoms with E-state index in [0.717, 1.165) is 5.56 Å². The molecule has 0 saturated carbocycles. The number of hydrogen-bond acceptors (Lipinski definition) is 4. The van der Waals surface area contributed by atoms with Crippen LogP contribution in [-0.2, 0) is 13.7 Å². The molecule has 0 aliphatic carbocycles. The first kappa shape index (κ1) is 11.1. The number of carbonyl (C=O) groups is 1. The van der Waals surface area contributed by atoms with E-state index in [-0.39, 0.29) is 18.1 Å². The van der Waals surface area contributed by atoms with E-state index < -0.39 is 5.97 Å². The fourth-order valence-corrected chi connectivity index (χ4v) is 1.38. The molecule has 0 aliphatic rings. The Morgan fingerprint density at radius 3 is 3.06 bits per heavy atom. The number of nitrogens with zero attached hydrogens (tertiary/aromatic N) is 3. The second-order valence-corrected chi connectivity index (χ2v) is 3.47. The van der Waals surface area contributed by atoms with Crippen LogP contribution >= 0.6 is 0 Å². The number of hydrogen-bond donors (Lipinski definition) is 1. The smallest absolute Gasteiger partial charge is 0.358 e. The van der Waals surface area contributed by atoms with Gasteiger partial charge in [-0.2, -0.15) is 5.10 Å². The highest BCUT2D eigenvalue weighted by Crippen LogP contribution is 2.16. The standard InChI is InChI=1S/C11H11N3O3/c1-14-6-8(5-13-14)7-17-9-3-2-4-12-10(9)11(15)16/h2-6H,7H2,1H3,(H,15,16). The van der Waals surface area contributed by atoms with Gasteiger partial charge in [-0.1, -0.05) is 0 Å². The second kappa shape index (κ2) is 4.65. The third-order valence-corrected chi connectivity index (χ3v) is 2.13. The molecule has 0 unspecified atom stereocenters. The van der Waals surface area contributed by atoms with Gasteiger partial charge in [0.05, 0.1) is 6.20 Å². The molecule has 0 spiro atoms. The van der Waals surface area contributed by atoms with E-state index in [1.54, 1.807) is 36.3 Å². The lowest BCUT2D eigenvalue weighted by Gasteiger charge is -2.06. The molecule has 0 atom stereocenters. The number of pyridine rings is 1. The van der Waals surface area contributed by atoms with Gasteiger partial charge in [0.1, 0.15) is 6.61 Å². The van der Waals surface area contributed by atoms with Crippen molar-refractivity contribution in [3.05, 3.63) is 42.0 Å². The SMILES string of the molecule is Cn1cc(COc2cccnc2C(=O)O)cn1. The summed E-state index contributed by atoms with van der Waals surface area (Å²) in [6.07, 6.45) is 4.88. The number of ether oxygens (including phenoxy) is 1. The van der Waals surface area contributed by atoms with Crippen molar-refractivity contribution in [3.8, 4) is 5.75 Å². The van der Waals surface area contributed by atoms with Crippen LogP contribution in [0.25, 0.3) is 0 Å². The Morgan fingerprint density at radius 2 is 2.41 bits per heavy atom. The zero-order valence-corrected chi connectivity index (χ0v) is 9.20. The molecule has 2 aromatic rings. The maximum absolute atomic E-state index is 10.9. The molecule has 0 aromatic carbocycles. The predicted molar refractivity (Wildman–Crippen MR) is 58.7 cm³/mol. The zero-order valence-electron chi connectivity index (χ0n) is 9.20. The Bertz CT molecular complexity index is 536. The molecule has 6 nitrogen and oxygen atoms in total. The number of rotatable bonds is 4. The zero-order chi connectivity index (χ0) is 12.3. The highest BCUT2D eigenvalue weighted by atomic mass is 16.5. The van der Waals surface area contributed by atoms with E-state index in [1.807, 2.05) is 0 Å². The first-order chi connectivity index (χ1) is 8.16. The van der Waals surface area contributed by atoms with Gasteiger partial charge in [-0.05, 0) is 12.1 Å². The van der Waals surface area contributed by atoms with Crippen LogP contribution < -0.4 is 4.74 Å². The summed E-state index contributed by atoms with van der Waals surface area (Å²) < 4.78 is 7.05. The highest BCUT2D eigenvalue weighted by Gasteiger charge is 2.12. The third-order valence-electron chi connectivity index (χ3n) is 2.13. The maximum Gasteiger partial charge on any atom is 0.358 e. The lowest BCUT2D eigenvalue weighted by atomic mass is 10.3. The minimum atomic E-state index is -1.10. The van der Waals surface area contributed by atoms with Crippen LogP contribution in [0.5, 0.6) is 5.75 Å². The average Bonchev–Trinajstić information content (AvgIpc) is 2.73. The van der Waals surface area contributed by atoms with Gasteiger partial charge in [0.15, 0.2) is 11.4 Å². The van der Waals surface area contributed by atoms with Crippen molar-refractivity contribution in [2.24, 2.45) is 7.05 Å². The van der Waals surface area contributed by atoms with Crippen molar-refractivity contribution < 1.29 is 14.6 Å².